The quantitative estimate of drug-likeness (QED) is 0.651. The highest BCUT2D eigenvalue weighted by Crippen LogP contribution is 2.18. The molecule has 0 fully saturated rings. The second kappa shape index (κ2) is 9.43. The third kappa shape index (κ3) is 6.19. The molecule has 21 heavy (non-hydrogen) atoms. The van der Waals surface area contributed by atoms with Crippen molar-refractivity contribution in [2.24, 2.45) is 5.92 Å². The number of benzene rings is 1. The topological polar surface area (TPSA) is 40.5 Å². The summed E-state index contributed by atoms with van der Waals surface area (Å²) >= 11 is 0. The summed E-state index contributed by atoms with van der Waals surface area (Å²) < 4.78 is 0. The van der Waals surface area contributed by atoms with Gasteiger partial charge in [-0.25, -0.2) is 0 Å². The van der Waals surface area contributed by atoms with E-state index in [1.54, 1.807) is 6.92 Å². The number of carboxylic acid groups (broad SMARTS) is 1. The summed E-state index contributed by atoms with van der Waals surface area (Å²) in [5, 5.41) is 9.14. The number of rotatable bonds is 10. The highest BCUT2D eigenvalue weighted by atomic mass is 16.4. The zero-order chi connectivity index (χ0) is 15.7. The van der Waals surface area contributed by atoms with E-state index in [4.69, 9.17) is 5.11 Å². The fourth-order valence-electron chi connectivity index (χ4n) is 2.41. The third-order valence-electron chi connectivity index (χ3n) is 3.91. The normalized spacial score (nSPS) is 12.1. The second-order valence-corrected chi connectivity index (χ2v) is 5.77. The molecule has 0 spiro atoms. The molecule has 0 saturated carbocycles. The lowest BCUT2D eigenvalue weighted by atomic mass is 10.1. The third-order valence-corrected chi connectivity index (χ3v) is 3.91. The van der Waals surface area contributed by atoms with Gasteiger partial charge in [-0.05, 0) is 30.5 Å². The molecule has 3 nitrogen and oxygen atoms in total. The van der Waals surface area contributed by atoms with E-state index in [9.17, 15) is 4.79 Å². The lowest BCUT2D eigenvalue weighted by Gasteiger charge is -2.27. The Balaban J connectivity index is 2.71. The molecular formula is C18H29NO2. The fraction of sp³-hybridized carbons (Fsp3) is 0.611. The van der Waals surface area contributed by atoms with Gasteiger partial charge in [0, 0.05) is 18.8 Å². The maximum atomic E-state index is 11.1. The monoisotopic (exact) mass is 291 g/mol. The van der Waals surface area contributed by atoms with Gasteiger partial charge in [0.1, 0.15) is 0 Å². The Morgan fingerprint density at radius 3 is 2.33 bits per heavy atom. The highest BCUT2D eigenvalue weighted by Gasteiger charge is 2.16. The molecular weight excluding hydrogens is 262 g/mol. The minimum Gasteiger partial charge on any atom is -0.481 e. The first-order valence-electron chi connectivity index (χ1n) is 8.15. The van der Waals surface area contributed by atoms with E-state index in [0.717, 1.165) is 25.1 Å². The van der Waals surface area contributed by atoms with E-state index in [2.05, 4.69) is 43.0 Å². The molecule has 118 valence electrons. The van der Waals surface area contributed by atoms with Crippen molar-refractivity contribution in [1.82, 2.24) is 0 Å². The maximum absolute atomic E-state index is 11.1. The van der Waals surface area contributed by atoms with E-state index in [0.29, 0.717) is 6.54 Å². The minimum atomic E-state index is -0.723. The summed E-state index contributed by atoms with van der Waals surface area (Å²) in [7, 11) is 0. The van der Waals surface area contributed by atoms with Gasteiger partial charge in [-0.15, -0.1) is 0 Å². The molecule has 0 heterocycles. The van der Waals surface area contributed by atoms with E-state index in [1.165, 1.54) is 24.8 Å². The van der Waals surface area contributed by atoms with E-state index in [-0.39, 0.29) is 5.92 Å². The smallest absolute Gasteiger partial charge is 0.308 e. The van der Waals surface area contributed by atoms with Gasteiger partial charge in [-0.3, -0.25) is 4.79 Å². The van der Waals surface area contributed by atoms with Crippen molar-refractivity contribution in [3.8, 4) is 0 Å². The molecule has 1 rings (SSSR count). The van der Waals surface area contributed by atoms with Crippen LogP contribution in [0.25, 0.3) is 0 Å². The number of hydrogen-bond donors (Lipinski definition) is 1. The lowest BCUT2D eigenvalue weighted by molar-refractivity contribution is -0.140. The van der Waals surface area contributed by atoms with Crippen molar-refractivity contribution in [3.05, 3.63) is 29.8 Å². The Labute approximate surface area is 129 Å². The average Bonchev–Trinajstić information content (AvgIpc) is 2.50. The van der Waals surface area contributed by atoms with Gasteiger partial charge >= 0.3 is 5.97 Å². The van der Waals surface area contributed by atoms with E-state index in [1.807, 2.05) is 0 Å². The molecule has 0 aliphatic heterocycles. The minimum absolute atomic E-state index is 0.345. The van der Waals surface area contributed by atoms with Crippen LogP contribution in [0, 0.1) is 5.92 Å². The second-order valence-electron chi connectivity index (χ2n) is 5.77. The van der Waals surface area contributed by atoms with Crippen molar-refractivity contribution in [2.75, 3.05) is 18.0 Å². The molecule has 0 aromatic heterocycles. The number of anilines is 1. The van der Waals surface area contributed by atoms with Crippen molar-refractivity contribution in [1.29, 1.82) is 0 Å². The molecule has 0 amide bonds. The van der Waals surface area contributed by atoms with Crippen molar-refractivity contribution in [2.45, 2.75) is 52.9 Å². The van der Waals surface area contributed by atoms with Gasteiger partial charge in [0.2, 0.25) is 0 Å². The number of carbonyl (C=O) groups is 1. The molecule has 0 aliphatic rings. The zero-order valence-electron chi connectivity index (χ0n) is 13.6. The molecule has 0 aliphatic carbocycles. The largest absolute Gasteiger partial charge is 0.481 e. The van der Waals surface area contributed by atoms with Crippen molar-refractivity contribution in [3.63, 3.8) is 0 Å². The van der Waals surface area contributed by atoms with Crippen LogP contribution in [0.4, 0.5) is 5.69 Å². The molecule has 1 atom stereocenters. The Morgan fingerprint density at radius 2 is 1.81 bits per heavy atom. The number of aliphatic carboxylic acids is 1. The summed E-state index contributed by atoms with van der Waals surface area (Å²) in [5.74, 6) is -1.07. The van der Waals surface area contributed by atoms with Gasteiger partial charge < -0.3 is 10.0 Å². The molecule has 0 bridgehead atoms. The fourth-order valence-corrected chi connectivity index (χ4v) is 2.41. The van der Waals surface area contributed by atoms with Crippen LogP contribution in [0.3, 0.4) is 0 Å². The Bertz CT molecular complexity index is 414. The Kier molecular flexibility index (Phi) is 7.88. The predicted molar refractivity (Wildman–Crippen MR) is 89.0 cm³/mol. The summed E-state index contributed by atoms with van der Waals surface area (Å²) in [4.78, 5) is 13.3. The van der Waals surface area contributed by atoms with Crippen LogP contribution in [0.1, 0.15) is 52.0 Å². The Hall–Kier alpha value is -1.51. The SMILES string of the molecule is CCCCCCN(CC(C)C(=O)O)c1ccc(CC)cc1. The molecule has 3 heteroatoms. The zero-order valence-corrected chi connectivity index (χ0v) is 13.6. The molecule has 1 aromatic rings. The van der Waals surface area contributed by atoms with Crippen molar-refractivity contribution >= 4 is 11.7 Å². The van der Waals surface area contributed by atoms with Gasteiger partial charge in [-0.1, -0.05) is 52.2 Å². The predicted octanol–water partition coefficient (Wildman–Crippen LogP) is 4.36. The van der Waals surface area contributed by atoms with Gasteiger partial charge in [0.15, 0.2) is 0 Å². The Morgan fingerprint density at radius 1 is 1.14 bits per heavy atom. The summed E-state index contributed by atoms with van der Waals surface area (Å²) in [6, 6.07) is 8.51. The first-order chi connectivity index (χ1) is 10.1. The molecule has 1 unspecified atom stereocenters. The van der Waals surface area contributed by atoms with Gasteiger partial charge in [0.05, 0.1) is 5.92 Å². The van der Waals surface area contributed by atoms with E-state index >= 15 is 0 Å². The maximum Gasteiger partial charge on any atom is 0.308 e. The lowest BCUT2D eigenvalue weighted by Crippen LogP contribution is -2.32. The molecule has 1 aromatic carbocycles. The summed E-state index contributed by atoms with van der Waals surface area (Å²) in [6.07, 6.45) is 5.83. The van der Waals surface area contributed by atoms with Crippen LogP contribution in [-0.2, 0) is 11.2 Å². The van der Waals surface area contributed by atoms with Crippen LogP contribution >= 0.6 is 0 Å². The van der Waals surface area contributed by atoms with Crippen LogP contribution < -0.4 is 4.90 Å². The standard InChI is InChI=1S/C18H29NO2/c1-4-6-7-8-13-19(14-15(3)18(20)21)17-11-9-16(5-2)10-12-17/h9-12,15H,4-8,13-14H2,1-3H3,(H,20,21). The molecule has 1 N–H and O–H groups in total. The van der Waals surface area contributed by atoms with Crippen LogP contribution in [0.5, 0.6) is 0 Å². The number of unbranched alkanes of at least 4 members (excludes halogenated alkanes) is 3. The molecule has 0 saturated heterocycles. The summed E-state index contributed by atoms with van der Waals surface area (Å²) in [5.41, 5.74) is 2.45. The highest BCUT2D eigenvalue weighted by molar-refractivity contribution is 5.70. The van der Waals surface area contributed by atoms with Crippen LogP contribution in [0.2, 0.25) is 0 Å². The van der Waals surface area contributed by atoms with Gasteiger partial charge in [-0.2, -0.15) is 0 Å². The molecule has 0 radical (unpaired) electrons. The average molecular weight is 291 g/mol. The van der Waals surface area contributed by atoms with E-state index < -0.39 is 5.97 Å². The van der Waals surface area contributed by atoms with Gasteiger partial charge in [0.25, 0.3) is 0 Å². The van der Waals surface area contributed by atoms with Crippen LogP contribution in [0.15, 0.2) is 24.3 Å². The van der Waals surface area contributed by atoms with Crippen molar-refractivity contribution < 1.29 is 9.90 Å². The number of carboxylic acids is 1. The first-order valence-corrected chi connectivity index (χ1v) is 8.15. The first kappa shape index (κ1) is 17.5. The number of nitrogens with zero attached hydrogens (tertiary/aromatic N) is 1. The number of aryl methyl sites for hydroxylation is 1. The van der Waals surface area contributed by atoms with Crippen LogP contribution in [-0.4, -0.2) is 24.2 Å². The number of hydrogen-bond acceptors (Lipinski definition) is 2. The summed E-state index contributed by atoms with van der Waals surface area (Å²) in [6.45, 7) is 7.63.